The fourth-order valence-corrected chi connectivity index (χ4v) is 5.06. The lowest BCUT2D eigenvalue weighted by atomic mass is 9.93. The van der Waals surface area contributed by atoms with Crippen LogP contribution in [0.15, 0.2) is 112 Å². The Morgan fingerprint density at radius 2 is 1.18 bits per heavy atom. The van der Waals surface area contributed by atoms with E-state index in [0.29, 0.717) is 5.02 Å². The van der Waals surface area contributed by atoms with Gasteiger partial charge in [-0.3, -0.25) is 0 Å². The van der Waals surface area contributed by atoms with Crippen LogP contribution in [0.1, 0.15) is 0 Å². The van der Waals surface area contributed by atoms with E-state index < -0.39 is 0 Å². The lowest BCUT2D eigenvalue weighted by molar-refractivity contribution is 0.668. The van der Waals surface area contributed by atoms with Gasteiger partial charge >= 0.3 is 0 Å². The van der Waals surface area contributed by atoms with E-state index in [1.54, 1.807) is 0 Å². The topological polar surface area (TPSA) is 26.3 Å². The van der Waals surface area contributed by atoms with Crippen molar-refractivity contribution < 1.29 is 8.83 Å². The number of benzene rings is 5. The van der Waals surface area contributed by atoms with Crippen LogP contribution in [0.2, 0.25) is 5.02 Å². The number of hydrogen-bond acceptors (Lipinski definition) is 2. The van der Waals surface area contributed by atoms with Crippen molar-refractivity contribution >= 4 is 55.5 Å². The molecule has 0 radical (unpaired) electrons. The summed E-state index contributed by atoms with van der Waals surface area (Å²) in [7, 11) is 0. The highest BCUT2D eigenvalue weighted by Gasteiger charge is 2.18. The van der Waals surface area contributed by atoms with Gasteiger partial charge in [0, 0.05) is 32.6 Å². The Balaban J connectivity index is 1.60. The van der Waals surface area contributed by atoms with Gasteiger partial charge in [-0.05, 0) is 58.7 Å². The summed E-state index contributed by atoms with van der Waals surface area (Å²) in [6.07, 6.45) is 0. The van der Waals surface area contributed by atoms with Crippen LogP contribution in [-0.4, -0.2) is 0 Å². The summed E-state index contributed by atoms with van der Waals surface area (Å²) in [6, 6.07) is 35.1. The zero-order chi connectivity index (χ0) is 21.9. The molecule has 0 N–H and O–H groups in total. The molecule has 0 spiro atoms. The first kappa shape index (κ1) is 18.6. The Kier molecular flexibility index (Phi) is 3.93. The molecule has 7 rings (SSSR count). The van der Waals surface area contributed by atoms with Crippen molar-refractivity contribution in [2.75, 3.05) is 0 Å². The van der Waals surface area contributed by atoms with Crippen LogP contribution in [-0.2, 0) is 0 Å². The Morgan fingerprint density at radius 3 is 2.09 bits per heavy atom. The molecule has 5 aromatic carbocycles. The highest BCUT2D eigenvalue weighted by atomic mass is 35.5. The minimum absolute atomic E-state index is 0.665. The predicted molar refractivity (Wildman–Crippen MR) is 137 cm³/mol. The Bertz CT molecular complexity index is 1820. The molecule has 0 aliphatic rings. The molecule has 0 fully saturated rings. The van der Waals surface area contributed by atoms with Gasteiger partial charge in [0.15, 0.2) is 0 Å². The van der Waals surface area contributed by atoms with Crippen LogP contribution in [0.5, 0.6) is 0 Å². The third-order valence-electron chi connectivity index (χ3n) is 6.33. The first-order valence-electron chi connectivity index (χ1n) is 10.9. The minimum Gasteiger partial charge on any atom is -0.456 e. The van der Waals surface area contributed by atoms with Crippen LogP contribution in [0.25, 0.3) is 66.1 Å². The van der Waals surface area contributed by atoms with Gasteiger partial charge in [-0.1, -0.05) is 72.3 Å². The molecule has 2 nitrogen and oxygen atoms in total. The summed E-state index contributed by atoms with van der Waals surface area (Å²) in [4.78, 5) is 0. The van der Waals surface area contributed by atoms with Crippen molar-refractivity contribution in [3.05, 3.63) is 108 Å². The minimum atomic E-state index is 0.665. The van der Waals surface area contributed by atoms with E-state index in [1.165, 1.54) is 0 Å². The van der Waals surface area contributed by atoms with Crippen molar-refractivity contribution in [3.63, 3.8) is 0 Å². The van der Waals surface area contributed by atoms with Crippen LogP contribution < -0.4 is 0 Å². The van der Waals surface area contributed by atoms with Gasteiger partial charge in [0.05, 0.1) is 0 Å². The molecule has 0 bridgehead atoms. The molecule has 3 heteroatoms. The highest BCUT2D eigenvalue weighted by Crippen LogP contribution is 2.43. The second kappa shape index (κ2) is 6.99. The Hall–Kier alpha value is -4.01. The smallest absolute Gasteiger partial charge is 0.136 e. The van der Waals surface area contributed by atoms with Crippen molar-refractivity contribution in [2.45, 2.75) is 0 Å². The SMILES string of the molecule is Clc1ccc2c(c1)oc1cccc(-c3cc(-c4ccccc4)c4c(c3)oc3ccccc34)c12. The predicted octanol–water partition coefficient (Wildman–Crippen LogP) is 9.47. The number of para-hydroxylation sites is 1. The molecular formula is C30H17ClO2. The number of rotatable bonds is 2. The van der Waals surface area contributed by atoms with Gasteiger partial charge in [-0.25, -0.2) is 0 Å². The number of halogens is 1. The fourth-order valence-electron chi connectivity index (χ4n) is 4.90. The molecular weight excluding hydrogens is 428 g/mol. The van der Waals surface area contributed by atoms with Crippen LogP contribution >= 0.6 is 11.6 Å². The molecule has 0 amide bonds. The van der Waals surface area contributed by atoms with Crippen LogP contribution in [0.3, 0.4) is 0 Å². The fraction of sp³-hybridized carbons (Fsp3) is 0. The molecule has 0 saturated heterocycles. The van der Waals surface area contributed by atoms with Crippen molar-refractivity contribution in [1.82, 2.24) is 0 Å². The Labute approximate surface area is 194 Å². The molecule has 7 aromatic rings. The molecule has 0 saturated carbocycles. The van der Waals surface area contributed by atoms with E-state index in [9.17, 15) is 0 Å². The van der Waals surface area contributed by atoms with E-state index in [0.717, 1.165) is 66.1 Å². The third-order valence-corrected chi connectivity index (χ3v) is 6.57. The summed E-state index contributed by atoms with van der Waals surface area (Å²) in [5.41, 5.74) is 7.90. The average molecular weight is 445 g/mol. The van der Waals surface area contributed by atoms with Crippen molar-refractivity contribution in [1.29, 1.82) is 0 Å². The van der Waals surface area contributed by atoms with E-state index in [2.05, 4.69) is 54.6 Å². The van der Waals surface area contributed by atoms with Gasteiger partial charge in [0.25, 0.3) is 0 Å². The second-order valence-corrected chi connectivity index (χ2v) is 8.72. The molecule has 0 atom stereocenters. The van der Waals surface area contributed by atoms with Gasteiger partial charge in [0.1, 0.15) is 22.3 Å². The zero-order valence-electron chi connectivity index (χ0n) is 17.5. The molecule has 156 valence electrons. The number of furan rings is 2. The van der Waals surface area contributed by atoms with Gasteiger partial charge in [0.2, 0.25) is 0 Å². The standard InChI is InChI=1S/C30H17ClO2/c31-20-13-14-23-27(17-20)33-26-12-6-10-21(29(23)26)19-15-24(18-7-2-1-3-8-18)30-22-9-4-5-11-25(22)32-28(30)16-19/h1-17H. The summed E-state index contributed by atoms with van der Waals surface area (Å²) in [6.45, 7) is 0. The maximum Gasteiger partial charge on any atom is 0.136 e. The Morgan fingerprint density at radius 1 is 0.455 bits per heavy atom. The zero-order valence-corrected chi connectivity index (χ0v) is 18.3. The highest BCUT2D eigenvalue weighted by molar-refractivity contribution is 6.31. The molecule has 0 aliphatic carbocycles. The average Bonchev–Trinajstić information content (AvgIpc) is 3.41. The second-order valence-electron chi connectivity index (χ2n) is 8.28. The van der Waals surface area contributed by atoms with Crippen LogP contribution in [0, 0.1) is 0 Å². The van der Waals surface area contributed by atoms with Gasteiger partial charge in [-0.2, -0.15) is 0 Å². The maximum atomic E-state index is 6.33. The number of fused-ring (bicyclic) bond motifs is 6. The quantitative estimate of drug-likeness (QED) is 0.265. The molecule has 2 heterocycles. The van der Waals surface area contributed by atoms with E-state index in [1.807, 2.05) is 48.5 Å². The molecule has 0 aliphatic heterocycles. The van der Waals surface area contributed by atoms with Crippen molar-refractivity contribution in [3.8, 4) is 22.3 Å². The summed E-state index contributed by atoms with van der Waals surface area (Å²) in [5, 5.41) is 5.06. The normalized spacial score (nSPS) is 11.8. The molecule has 0 unspecified atom stereocenters. The van der Waals surface area contributed by atoms with E-state index >= 15 is 0 Å². The van der Waals surface area contributed by atoms with Gasteiger partial charge < -0.3 is 8.83 Å². The number of hydrogen-bond donors (Lipinski definition) is 0. The summed E-state index contributed by atoms with van der Waals surface area (Å²) >= 11 is 6.22. The van der Waals surface area contributed by atoms with Crippen LogP contribution in [0.4, 0.5) is 0 Å². The first-order valence-corrected chi connectivity index (χ1v) is 11.3. The van der Waals surface area contributed by atoms with Crippen molar-refractivity contribution in [2.24, 2.45) is 0 Å². The van der Waals surface area contributed by atoms with E-state index in [-0.39, 0.29) is 0 Å². The molecule has 33 heavy (non-hydrogen) atoms. The van der Waals surface area contributed by atoms with Gasteiger partial charge in [-0.15, -0.1) is 0 Å². The first-order chi connectivity index (χ1) is 16.3. The summed E-state index contributed by atoms with van der Waals surface area (Å²) in [5.74, 6) is 0. The third kappa shape index (κ3) is 2.81. The summed E-state index contributed by atoms with van der Waals surface area (Å²) < 4.78 is 12.5. The largest absolute Gasteiger partial charge is 0.456 e. The molecule has 2 aromatic heterocycles. The van der Waals surface area contributed by atoms with E-state index in [4.69, 9.17) is 20.4 Å². The lowest BCUT2D eigenvalue weighted by Gasteiger charge is -2.10. The lowest BCUT2D eigenvalue weighted by Crippen LogP contribution is -1.85. The maximum absolute atomic E-state index is 6.33. The monoisotopic (exact) mass is 444 g/mol.